The second kappa shape index (κ2) is 5.15. The van der Waals surface area contributed by atoms with Crippen molar-refractivity contribution in [2.45, 2.75) is 4.84 Å². The number of alkyl halides is 2. The number of rotatable bonds is 4. The zero-order chi connectivity index (χ0) is 14.0. The van der Waals surface area contributed by atoms with Crippen molar-refractivity contribution in [3.63, 3.8) is 0 Å². The number of nitrogen functional groups attached to an aromatic ring is 1. The minimum absolute atomic E-state index is 0.453. The van der Waals surface area contributed by atoms with E-state index < -0.39 is 43.1 Å². The number of ketones is 1. The average molecular weight is 294 g/mol. The van der Waals surface area contributed by atoms with Gasteiger partial charge in [0.2, 0.25) is 0 Å². The van der Waals surface area contributed by atoms with E-state index in [2.05, 4.69) is 0 Å². The zero-order valence-electron chi connectivity index (χ0n) is 8.50. The lowest BCUT2D eigenvalue weighted by Crippen LogP contribution is -2.13. The van der Waals surface area contributed by atoms with E-state index in [1.807, 2.05) is 0 Å². The van der Waals surface area contributed by atoms with Crippen LogP contribution in [0.1, 0.15) is 10.4 Å². The van der Waals surface area contributed by atoms with Crippen LogP contribution in [0.3, 0.4) is 0 Å². The Kier molecular flexibility index (Phi) is 4.04. The molecular formula is C8H5Cl2N3O5. The molecule has 0 spiro atoms. The number of anilines is 1. The van der Waals surface area contributed by atoms with Crippen molar-refractivity contribution in [2.75, 3.05) is 5.73 Å². The molecule has 0 aliphatic heterocycles. The number of nitro benzene ring substituents is 2. The molecule has 8 nitrogen and oxygen atoms in total. The topological polar surface area (TPSA) is 129 Å². The zero-order valence-corrected chi connectivity index (χ0v) is 10.0. The van der Waals surface area contributed by atoms with Gasteiger partial charge in [-0.1, -0.05) is 23.2 Å². The van der Waals surface area contributed by atoms with E-state index in [9.17, 15) is 25.0 Å². The summed E-state index contributed by atoms with van der Waals surface area (Å²) in [6.07, 6.45) is 0. The highest BCUT2D eigenvalue weighted by molar-refractivity contribution is 6.55. The molecule has 0 fully saturated rings. The average Bonchev–Trinajstić information content (AvgIpc) is 2.27. The first-order chi connectivity index (χ1) is 8.25. The van der Waals surface area contributed by atoms with Gasteiger partial charge >= 0.3 is 0 Å². The van der Waals surface area contributed by atoms with E-state index in [1.54, 1.807) is 0 Å². The van der Waals surface area contributed by atoms with Crippen molar-refractivity contribution in [1.29, 1.82) is 0 Å². The number of halogens is 2. The largest absolute Gasteiger partial charge is 0.393 e. The maximum absolute atomic E-state index is 11.5. The number of carbonyl (C=O) groups excluding carboxylic acids is 1. The van der Waals surface area contributed by atoms with Crippen molar-refractivity contribution in [2.24, 2.45) is 0 Å². The molecule has 1 rings (SSSR count). The smallest absolute Gasteiger partial charge is 0.299 e. The first-order valence-electron chi connectivity index (χ1n) is 4.30. The van der Waals surface area contributed by atoms with Crippen LogP contribution in [-0.4, -0.2) is 20.5 Å². The van der Waals surface area contributed by atoms with Crippen LogP contribution in [0.5, 0.6) is 0 Å². The van der Waals surface area contributed by atoms with Gasteiger partial charge in [-0.2, -0.15) is 0 Å². The van der Waals surface area contributed by atoms with Crippen molar-refractivity contribution in [1.82, 2.24) is 0 Å². The van der Waals surface area contributed by atoms with Gasteiger partial charge in [0.15, 0.2) is 10.6 Å². The van der Waals surface area contributed by atoms with Gasteiger partial charge in [0.25, 0.3) is 11.4 Å². The Morgan fingerprint density at radius 1 is 1.22 bits per heavy atom. The fraction of sp³-hybridized carbons (Fsp3) is 0.125. The maximum Gasteiger partial charge on any atom is 0.299 e. The van der Waals surface area contributed by atoms with Gasteiger partial charge in [0.05, 0.1) is 21.5 Å². The van der Waals surface area contributed by atoms with Crippen LogP contribution >= 0.6 is 23.2 Å². The Morgan fingerprint density at radius 3 is 2.17 bits per heavy atom. The lowest BCUT2D eigenvalue weighted by molar-refractivity contribution is -0.393. The Morgan fingerprint density at radius 2 is 1.78 bits per heavy atom. The fourth-order valence-electron chi connectivity index (χ4n) is 1.20. The van der Waals surface area contributed by atoms with Gasteiger partial charge in [-0.15, -0.1) is 0 Å². The Hall–Kier alpha value is -1.93. The predicted molar refractivity (Wildman–Crippen MR) is 64.0 cm³/mol. The highest BCUT2D eigenvalue weighted by Gasteiger charge is 2.27. The Bertz CT molecular complexity index is 546. The van der Waals surface area contributed by atoms with Crippen LogP contribution in [0.4, 0.5) is 17.1 Å². The number of carbonyl (C=O) groups is 1. The van der Waals surface area contributed by atoms with Crippen molar-refractivity contribution < 1.29 is 14.6 Å². The SMILES string of the molecule is Nc1c(C(=O)C(Cl)Cl)cc([N+](=O)[O-])cc1[N+](=O)[O-]. The van der Waals surface area contributed by atoms with Gasteiger partial charge in [0, 0.05) is 6.07 Å². The van der Waals surface area contributed by atoms with Crippen molar-refractivity contribution in [3.8, 4) is 0 Å². The van der Waals surface area contributed by atoms with E-state index in [1.165, 1.54) is 0 Å². The number of nitrogens with zero attached hydrogens (tertiary/aromatic N) is 2. The second-order valence-corrected chi connectivity index (χ2v) is 4.20. The summed E-state index contributed by atoms with van der Waals surface area (Å²) < 4.78 is 0. The fourth-order valence-corrected chi connectivity index (χ4v) is 1.44. The molecule has 0 atom stereocenters. The number of Topliss-reactive ketones (excluding diaryl/α,β-unsaturated/α-hetero) is 1. The van der Waals surface area contributed by atoms with Crippen molar-refractivity contribution in [3.05, 3.63) is 37.9 Å². The van der Waals surface area contributed by atoms with Gasteiger partial charge in [0.1, 0.15) is 5.69 Å². The third-order valence-electron chi connectivity index (χ3n) is 2.01. The van der Waals surface area contributed by atoms with Crippen LogP contribution in [-0.2, 0) is 0 Å². The number of benzene rings is 1. The molecule has 0 saturated heterocycles. The number of nitro groups is 2. The van der Waals surface area contributed by atoms with Gasteiger partial charge < -0.3 is 5.73 Å². The lowest BCUT2D eigenvalue weighted by atomic mass is 10.1. The highest BCUT2D eigenvalue weighted by atomic mass is 35.5. The number of nitrogens with two attached hydrogens (primary N) is 1. The highest BCUT2D eigenvalue weighted by Crippen LogP contribution is 2.32. The molecular weight excluding hydrogens is 289 g/mol. The molecule has 96 valence electrons. The molecule has 18 heavy (non-hydrogen) atoms. The van der Waals surface area contributed by atoms with E-state index in [0.717, 1.165) is 6.07 Å². The third kappa shape index (κ3) is 2.66. The molecule has 0 aromatic heterocycles. The molecule has 1 aromatic carbocycles. The van der Waals surface area contributed by atoms with Crippen molar-refractivity contribution >= 4 is 46.0 Å². The molecule has 2 N–H and O–H groups in total. The molecule has 0 bridgehead atoms. The Labute approximate surface area is 110 Å². The summed E-state index contributed by atoms with van der Waals surface area (Å²) in [4.78, 5) is 29.4. The summed E-state index contributed by atoms with van der Waals surface area (Å²) in [6, 6.07) is 1.45. The van der Waals surface area contributed by atoms with E-state index >= 15 is 0 Å². The van der Waals surface area contributed by atoms with Gasteiger partial charge in [-0.3, -0.25) is 25.0 Å². The molecule has 0 heterocycles. The maximum atomic E-state index is 11.5. The van der Waals surface area contributed by atoms with E-state index in [4.69, 9.17) is 28.9 Å². The molecule has 1 aromatic rings. The van der Waals surface area contributed by atoms with Gasteiger partial charge in [-0.25, -0.2) is 0 Å². The van der Waals surface area contributed by atoms with E-state index in [-0.39, 0.29) is 0 Å². The van der Waals surface area contributed by atoms with E-state index in [0.29, 0.717) is 6.07 Å². The standard InChI is InChI=1S/C8H5Cl2N3O5/c9-8(10)7(14)4-1-3(12(15)16)2-5(6(4)11)13(17)18/h1-2,8H,11H2. The number of hydrogen-bond acceptors (Lipinski definition) is 6. The summed E-state index contributed by atoms with van der Waals surface area (Å²) >= 11 is 10.6. The quantitative estimate of drug-likeness (QED) is 0.297. The summed E-state index contributed by atoms with van der Waals surface area (Å²) in [5, 5.41) is 21.3. The Balaban J connectivity index is 3.55. The normalized spacial score (nSPS) is 10.4. The molecule has 0 saturated carbocycles. The number of hydrogen-bond donors (Lipinski definition) is 1. The molecule has 0 amide bonds. The minimum atomic E-state index is -1.52. The number of non-ortho nitro benzene ring substituents is 1. The molecule has 0 aliphatic rings. The van der Waals surface area contributed by atoms with Crippen LogP contribution in [0.25, 0.3) is 0 Å². The van der Waals surface area contributed by atoms with Crippen LogP contribution < -0.4 is 5.73 Å². The van der Waals surface area contributed by atoms with Crippen LogP contribution in [0.15, 0.2) is 12.1 Å². The molecule has 10 heteroatoms. The summed E-state index contributed by atoms with van der Waals surface area (Å²) in [7, 11) is 0. The molecule has 0 aliphatic carbocycles. The summed E-state index contributed by atoms with van der Waals surface area (Å²) in [6.45, 7) is 0. The lowest BCUT2D eigenvalue weighted by Gasteiger charge is -2.05. The summed E-state index contributed by atoms with van der Waals surface area (Å²) in [5.41, 5.74) is 3.03. The predicted octanol–water partition coefficient (Wildman–Crippen LogP) is 2.07. The summed E-state index contributed by atoms with van der Waals surface area (Å²) in [5.74, 6) is -0.942. The van der Waals surface area contributed by atoms with Crippen LogP contribution in [0, 0.1) is 20.2 Å². The second-order valence-electron chi connectivity index (χ2n) is 3.11. The first-order valence-corrected chi connectivity index (χ1v) is 5.17. The van der Waals surface area contributed by atoms with Gasteiger partial charge in [-0.05, 0) is 0 Å². The molecule has 0 unspecified atom stereocenters. The molecule has 0 radical (unpaired) electrons. The minimum Gasteiger partial charge on any atom is -0.393 e. The monoisotopic (exact) mass is 293 g/mol. The third-order valence-corrected chi connectivity index (χ3v) is 2.41. The van der Waals surface area contributed by atoms with Crippen LogP contribution in [0.2, 0.25) is 0 Å². The first kappa shape index (κ1) is 14.1.